The molecule has 2 fully saturated rings. The number of rotatable bonds is 5. The van der Waals surface area contributed by atoms with E-state index in [9.17, 15) is 0 Å². The standard InChI is InChI=1S/C15H31N3/c1-14(6-9-16-2)17-12-7-15(8-13-17)18-10-4-3-5-11-18/h14-16H,3-13H2,1-2H3. The Balaban J connectivity index is 1.70. The molecule has 0 aromatic carbocycles. The Morgan fingerprint density at radius 2 is 1.72 bits per heavy atom. The van der Waals surface area contributed by atoms with Crippen LogP contribution in [-0.4, -0.2) is 61.7 Å². The maximum absolute atomic E-state index is 3.26. The fourth-order valence-electron chi connectivity index (χ4n) is 3.51. The van der Waals surface area contributed by atoms with Crippen LogP contribution in [0.2, 0.25) is 0 Å². The molecular formula is C15H31N3. The molecule has 1 N–H and O–H groups in total. The molecule has 0 spiro atoms. The molecule has 0 aromatic rings. The summed E-state index contributed by atoms with van der Waals surface area (Å²) in [6, 6.07) is 1.64. The van der Waals surface area contributed by atoms with E-state index in [-0.39, 0.29) is 0 Å². The van der Waals surface area contributed by atoms with E-state index in [2.05, 4.69) is 29.1 Å². The van der Waals surface area contributed by atoms with Gasteiger partial charge in [0.15, 0.2) is 0 Å². The molecule has 0 radical (unpaired) electrons. The molecule has 2 saturated heterocycles. The predicted molar refractivity (Wildman–Crippen MR) is 78.0 cm³/mol. The van der Waals surface area contributed by atoms with Gasteiger partial charge < -0.3 is 15.1 Å². The van der Waals surface area contributed by atoms with E-state index < -0.39 is 0 Å². The Morgan fingerprint density at radius 1 is 1.06 bits per heavy atom. The lowest BCUT2D eigenvalue weighted by molar-refractivity contribution is 0.0741. The molecule has 106 valence electrons. The number of nitrogens with zero attached hydrogens (tertiary/aromatic N) is 2. The number of hydrogen-bond donors (Lipinski definition) is 1. The van der Waals surface area contributed by atoms with Gasteiger partial charge in [-0.1, -0.05) is 6.42 Å². The fourth-order valence-corrected chi connectivity index (χ4v) is 3.51. The van der Waals surface area contributed by atoms with Gasteiger partial charge in [0.05, 0.1) is 0 Å². The number of likely N-dealkylation sites (tertiary alicyclic amines) is 2. The van der Waals surface area contributed by atoms with Crippen LogP contribution in [0.1, 0.15) is 45.4 Å². The Bertz CT molecular complexity index is 218. The van der Waals surface area contributed by atoms with Crippen molar-refractivity contribution in [3.05, 3.63) is 0 Å². The minimum atomic E-state index is 0.750. The van der Waals surface area contributed by atoms with Gasteiger partial charge in [0.25, 0.3) is 0 Å². The van der Waals surface area contributed by atoms with Crippen LogP contribution < -0.4 is 5.32 Å². The van der Waals surface area contributed by atoms with Crippen molar-refractivity contribution < 1.29 is 0 Å². The van der Waals surface area contributed by atoms with Crippen molar-refractivity contribution in [1.29, 1.82) is 0 Å². The molecule has 2 aliphatic rings. The summed E-state index contributed by atoms with van der Waals surface area (Å²) in [6.45, 7) is 8.88. The van der Waals surface area contributed by atoms with Gasteiger partial charge in [-0.15, -0.1) is 0 Å². The van der Waals surface area contributed by atoms with Crippen molar-refractivity contribution in [2.75, 3.05) is 39.8 Å². The Hall–Kier alpha value is -0.120. The highest BCUT2D eigenvalue weighted by molar-refractivity contribution is 4.83. The first kappa shape index (κ1) is 14.3. The van der Waals surface area contributed by atoms with Crippen molar-refractivity contribution >= 4 is 0 Å². The summed E-state index contributed by atoms with van der Waals surface area (Å²) >= 11 is 0. The van der Waals surface area contributed by atoms with Gasteiger partial charge in [-0.2, -0.15) is 0 Å². The summed E-state index contributed by atoms with van der Waals surface area (Å²) in [5.74, 6) is 0. The predicted octanol–water partition coefficient (Wildman–Crippen LogP) is 1.93. The summed E-state index contributed by atoms with van der Waals surface area (Å²) in [4.78, 5) is 5.46. The summed E-state index contributed by atoms with van der Waals surface area (Å²) in [5.41, 5.74) is 0. The Labute approximate surface area is 113 Å². The van der Waals surface area contributed by atoms with Crippen molar-refractivity contribution in [2.24, 2.45) is 0 Å². The van der Waals surface area contributed by atoms with E-state index in [1.54, 1.807) is 0 Å². The lowest BCUT2D eigenvalue weighted by Crippen LogP contribution is -2.49. The fraction of sp³-hybridized carbons (Fsp3) is 1.00. The normalized spacial score (nSPS) is 26.3. The lowest BCUT2D eigenvalue weighted by Gasteiger charge is -2.42. The summed E-state index contributed by atoms with van der Waals surface area (Å²) in [5, 5.41) is 3.26. The largest absolute Gasteiger partial charge is 0.320 e. The van der Waals surface area contributed by atoms with Crippen LogP contribution in [0.3, 0.4) is 0 Å². The third-order valence-electron chi connectivity index (χ3n) is 4.84. The zero-order valence-electron chi connectivity index (χ0n) is 12.3. The molecule has 3 heteroatoms. The highest BCUT2D eigenvalue weighted by Crippen LogP contribution is 2.22. The van der Waals surface area contributed by atoms with Gasteiger partial charge in [-0.25, -0.2) is 0 Å². The van der Waals surface area contributed by atoms with Crippen LogP contribution in [0.15, 0.2) is 0 Å². The molecule has 3 nitrogen and oxygen atoms in total. The van der Waals surface area contributed by atoms with Gasteiger partial charge in [0.2, 0.25) is 0 Å². The third-order valence-corrected chi connectivity index (χ3v) is 4.84. The van der Waals surface area contributed by atoms with Crippen molar-refractivity contribution in [3.63, 3.8) is 0 Å². The molecule has 1 atom stereocenters. The van der Waals surface area contributed by atoms with Gasteiger partial charge >= 0.3 is 0 Å². The zero-order chi connectivity index (χ0) is 12.8. The van der Waals surface area contributed by atoms with E-state index in [0.29, 0.717) is 0 Å². The molecule has 0 bridgehead atoms. The van der Waals surface area contributed by atoms with E-state index >= 15 is 0 Å². The molecule has 2 rings (SSSR count). The van der Waals surface area contributed by atoms with Crippen LogP contribution in [0.5, 0.6) is 0 Å². The maximum atomic E-state index is 3.26. The maximum Gasteiger partial charge on any atom is 0.0120 e. The Morgan fingerprint density at radius 3 is 2.33 bits per heavy atom. The van der Waals surface area contributed by atoms with Crippen molar-refractivity contribution in [1.82, 2.24) is 15.1 Å². The van der Waals surface area contributed by atoms with E-state index in [1.807, 2.05) is 0 Å². The minimum Gasteiger partial charge on any atom is -0.320 e. The average Bonchev–Trinajstić information content (AvgIpc) is 2.46. The second-order valence-electron chi connectivity index (χ2n) is 6.11. The minimum absolute atomic E-state index is 0.750. The van der Waals surface area contributed by atoms with Gasteiger partial charge in [0.1, 0.15) is 0 Å². The van der Waals surface area contributed by atoms with E-state index in [4.69, 9.17) is 0 Å². The Kier molecular flexibility index (Phi) is 5.93. The first-order valence-corrected chi connectivity index (χ1v) is 7.94. The SMILES string of the molecule is CNCCC(C)N1CCC(N2CCCCC2)CC1. The molecule has 18 heavy (non-hydrogen) atoms. The zero-order valence-corrected chi connectivity index (χ0v) is 12.3. The second kappa shape index (κ2) is 7.46. The summed E-state index contributed by atoms with van der Waals surface area (Å²) in [7, 11) is 2.05. The summed E-state index contributed by atoms with van der Waals surface area (Å²) in [6.07, 6.45) is 8.38. The molecule has 0 amide bonds. The molecule has 0 saturated carbocycles. The smallest absolute Gasteiger partial charge is 0.0120 e. The molecule has 1 unspecified atom stereocenters. The number of piperidine rings is 2. The first-order valence-electron chi connectivity index (χ1n) is 7.94. The van der Waals surface area contributed by atoms with Crippen molar-refractivity contribution in [2.45, 2.75) is 57.5 Å². The van der Waals surface area contributed by atoms with Gasteiger partial charge in [0, 0.05) is 12.1 Å². The molecular weight excluding hydrogens is 222 g/mol. The quantitative estimate of drug-likeness (QED) is 0.808. The third kappa shape index (κ3) is 3.94. The number of hydrogen-bond acceptors (Lipinski definition) is 3. The van der Waals surface area contributed by atoms with Crippen LogP contribution in [0, 0.1) is 0 Å². The summed E-state index contributed by atoms with van der Waals surface area (Å²) < 4.78 is 0. The van der Waals surface area contributed by atoms with Gasteiger partial charge in [-0.05, 0) is 78.8 Å². The van der Waals surface area contributed by atoms with Crippen LogP contribution >= 0.6 is 0 Å². The molecule has 0 aliphatic carbocycles. The highest BCUT2D eigenvalue weighted by atomic mass is 15.2. The van der Waals surface area contributed by atoms with Crippen molar-refractivity contribution in [3.8, 4) is 0 Å². The molecule has 2 aliphatic heterocycles. The number of nitrogens with one attached hydrogen (secondary N) is 1. The highest BCUT2D eigenvalue weighted by Gasteiger charge is 2.27. The van der Waals surface area contributed by atoms with Crippen LogP contribution in [-0.2, 0) is 0 Å². The van der Waals surface area contributed by atoms with E-state index in [1.165, 1.54) is 64.7 Å². The molecule has 0 aromatic heterocycles. The van der Waals surface area contributed by atoms with Gasteiger partial charge in [-0.3, -0.25) is 0 Å². The first-order chi connectivity index (χ1) is 8.81. The second-order valence-corrected chi connectivity index (χ2v) is 6.11. The topological polar surface area (TPSA) is 18.5 Å². The van der Waals surface area contributed by atoms with E-state index in [0.717, 1.165) is 18.6 Å². The van der Waals surface area contributed by atoms with Crippen LogP contribution in [0.25, 0.3) is 0 Å². The molecule has 2 heterocycles. The van der Waals surface area contributed by atoms with Crippen LogP contribution in [0.4, 0.5) is 0 Å². The monoisotopic (exact) mass is 253 g/mol. The lowest BCUT2D eigenvalue weighted by atomic mass is 9.98. The average molecular weight is 253 g/mol.